The third kappa shape index (κ3) is 4.25. The summed E-state index contributed by atoms with van der Waals surface area (Å²) in [5.74, 6) is 5.33. The average Bonchev–Trinajstić information content (AvgIpc) is 2.38. The molecule has 1 aromatic heterocycles. The summed E-state index contributed by atoms with van der Waals surface area (Å²) in [6.07, 6.45) is -4.44. The number of nitrogens with two attached hydrogens (primary N) is 1. The van der Waals surface area contributed by atoms with Crippen LogP contribution in [0.5, 0.6) is 0 Å². The number of anilines is 2. The van der Waals surface area contributed by atoms with Crippen molar-refractivity contribution >= 4 is 11.6 Å². The Kier molecular flexibility index (Phi) is 5.37. The smallest absolute Gasteiger partial charge is 0.383 e. The number of pyridine rings is 1. The van der Waals surface area contributed by atoms with E-state index >= 15 is 0 Å². The summed E-state index contributed by atoms with van der Waals surface area (Å²) >= 11 is 0. The zero-order chi connectivity index (χ0) is 14.5. The predicted molar refractivity (Wildman–Crippen MR) is 66.8 cm³/mol. The highest BCUT2D eigenvalue weighted by atomic mass is 19.4. The van der Waals surface area contributed by atoms with Gasteiger partial charge >= 0.3 is 6.18 Å². The Balaban J connectivity index is 3.11. The van der Waals surface area contributed by atoms with Crippen molar-refractivity contribution in [1.82, 2.24) is 4.98 Å². The van der Waals surface area contributed by atoms with Gasteiger partial charge in [-0.25, -0.2) is 10.8 Å². The third-order valence-electron chi connectivity index (χ3n) is 2.56. The minimum Gasteiger partial charge on any atom is -0.383 e. The number of hydrogen-bond donors (Lipinski definition) is 2. The van der Waals surface area contributed by atoms with Gasteiger partial charge in [-0.15, -0.1) is 0 Å². The molecule has 108 valence electrons. The highest BCUT2D eigenvalue weighted by Crippen LogP contribution is 2.32. The molecule has 0 fully saturated rings. The zero-order valence-corrected chi connectivity index (χ0v) is 10.8. The number of aromatic nitrogens is 1. The molecule has 0 aliphatic heterocycles. The normalized spacial score (nSPS) is 11.5. The minimum atomic E-state index is -4.44. The summed E-state index contributed by atoms with van der Waals surface area (Å²) in [6, 6.07) is 1.87. The van der Waals surface area contributed by atoms with Gasteiger partial charge in [0.2, 0.25) is 0 Å². The largest absolute Gasteiger partial charge is 0.416 e. The Morgan fingerprint density at radius 1 is 1.42 bits per heavy atom. The molecule has 0 saturated carbocycles. The number of hydrogen-bond acceptors (Lipinski definition) is 5. The highest BCUT2D eigenvalue weighted by molar-refractivity contribution is 5.50. The lowest BCUT2D eigenvalue weighted by Crippen LogP contribution is -2.28. The van der Waals surface area contributed by atoms with E-state index in [0.29, 0.717) is 19.7 Å². The summed E-state index contributed by atoms with van der Waals surface area (Å²) < 4.78 is 43.2. The number of rotatable bonds is 6. The fraction of sp³-hybridized carbons (Fsp3) is 0.545. The Bertz CT molecular complexity index is 411. The standard InChI is InChI=1S/C11H17F3N4O/c1-3-18(4-5-19-2)10-7-8(11(12,13)14)6-9(16-10)17-15/h6-7H,3-5,15H2,1-2H3,(H,16,17). The summed E-state index contributed by atoms with van der Waals surface area (Å²) in [7, 11) is 1.53. The Morgan fingerprint density at radius 2 is 2.11 bits per heavy atom. The van der Waals surface area contributed by atoms with Crippen molar-refractivity contribution in [2.75, 3.05) is 37.1 Å². The fourth-order valence-electron chi connectivity index (χ4n) is 1.55. The Labute approximate surface area is 109 Å². The van der Waals surface area contributed by atoms with Crippen LogP contribution in [-0.4, -0.2) is 31.8 Å². The van der Waals surface area contributed by atoms with Gasteiger partial charge in [0, 0.05) is 20.2 Å². The number of nitrogens with zero attached hydrogens (tertiary/aromatic N) is 2. The zero-order valence-electron chi connectivity index (χ0n) is 10.8. The Hall–Kier alpha value is -1.54. The molecule has 1 aromatic rings. The maximum Gasteiger partial charge on any atom is 0.416 e. The van der Waals surface area contributed by atoms with E-state index < -0.39 is 11.7 Å². The van der Waals surface area contributed by atoms with Crippen molar-refractivity contribution in [1.29, 1.82) is 0 Å². The number of nitrogens with one attached hydrogen (secondary N) is 1. The van der Waals surface area contributed by atoms with Gasteiger partial charge in [-0.3, -0.25) is 0 Å². The van der Waals surface area contributed by atoms with Gasteiger partial charge in [-0.2, -0.15) is 13.2 Å². The Morgan fingerprint density at radius 3 is 2.58 bits per heavy atom. The van der Waals surface area contributed by atoms with Crippen LogP contribution >= 0.6 is 0 Å². The number of methoxy groups -OCH3 is 1. The second kappa shape index (κ2) is 6.58. The molecule has 0 saturated heterocycles. The van der Waals surface area contributed by atoms with Crippen LogP contribution in [0.4, 0.5) is 24.8 Å². The van der Waals surface area contributed by atoms with Crippen molar-refractivity contribution in [2.45, 2.75) is 13.1 Å². The second-order valence-electron chi connectivity index (χ2n) is 3.81. The van der Waals surface area contributed by atoms with Gasteiger partial charge in [0.15, 0.2) is 0 Å². The maximum atomic E-state index is 12.8. The summed E-state index contributed by atoms with van der Waals surface area (Å²) in [5, 5.41) is 0. The number of likely N-dealkylation sites (N-methyl/N-ethyl adjacent to an activating group) is 1. The lowest BCUT2D eigenvalue weighted by atomic mass is 10.2. The molecule has 19 heavy (non-hydrogen) atoms. The predicted octanol–water partition coefficient (Wildman–Crippen LogP) is 1.86. The van der Waals surface area contributed by atoms with E-state index in [9.17, 15) is 13.2 Å². The van der Waals surface area contributed by atoms with Crippen LogP contribution in [0, 0.1) is 0 Å². The molecule has 0 amide bonds. The molecule has 3 N–H and O–H groups in total. The van der Waals surface area contributed by atoms with Crippen LogP contribution < -0.4 is 16.2 Å². The summed E-state index contributed by atoms with van der Waals surface area (Å²) in [4.78, 5) is 5.70. The number of halogens is 3. The first-order valence-corrected chi connectivity index (χ1v) is 5.72. The van der Waals surface area contributed by atoms with Crippen LogP contribution in [0.2, 0.25) is 0 Å². The van der Waals surface area contributed by atoms with E-state index in [-0.39, 0.29) is 11.6 Å². The van der Waals surface area contributed by atoms with Crippen molar-refractivity contribution in [3.63, 3.8) is 0 Å². The van der Waals surface area contributed by atoms with Crippen LogP contribution in [0.25, 0.3) is 0 Å². The molecule has 0 radical (unpaired) electrons. The van der Waals surface area contributed by atoms with E-state index in [0.717, 1.165) is 12.1 Å². The van der Waals surface area contributed by atoms with Gasteiger partial charge in [0.1, 0.15) is 11.6 Å². The van der Waals surface area contributed by atoms with Crippen LogP contribution in [-0.2, 0) is 10.9 Å². The topological polar surface area (TPSA) is 63.4 Å². The number of alkyl halides is 3. The molecule has 0 aromatic carbocycles. The summed E-state index contributed by atoms with van der Waals surface area (Å²) in [5.41, 5.74) is 1.36. The van der Waals surface area contributed by atoms with E-state index in [1.807, 2.05) is 6.92 Å². The van der Waals surface area contributed by atoms with E-state index in [2.05, 4.69) is 10.4 Å². The van der Waals surface area contributed by atoms with Gasteiger partial charge < -0.3 is 15.1 Å². The fourth-order valence-corrected chi connectivity index (χ4v) is 1.55. The quantitative estimate of drug-likeness (QED) is 0.614. The van der Waals surface area contributed by atoms with E-state index in [1.165, 1.54) is 7.11 Å². The molecule has 5 nitrogen and oxygen atoms in total. The highest BCUT2D eigenvalue weighted by Gasteiger charge is 2.32. The molecule has 0 aliphatic carbocycles. The maximum absolute atomic E-state index is 12.8. The molecule has 0 spiro atoms. The van der Waals surface area contributed by atoms with Crippen LogP contribution in [0.15, 0.2) is 12.1 Å². The SMILES string of the molecule is CCN(CCOC)c1cc(C(F)(F)F)cc(NN)n1. The average molecular weight is 278 g/mol. The molecular formula is C11H17F3N4O. The van der Waals surface area contributed by atoms with Gasteiger partial charge in [0.25, 0.3) is 0 Å². The second-order valence-corrected chi connectivity index (χ2v) is 3.81. The molecule has 1 heterocycles. The number of hydrazine groups is 1. The first-order chi connectivity index (χ1) is 8.92. The lowest BCUT2D eigenvalue weighted by Gasteiger charge is -2.23. The van der Waals surface area contributed by atoms with Gasteiger partial charge in [-0.05, 0) is 19.1 Å². The number of nitrogen functional groups attached to an aromatic ring is 1. The van der Waals surface area contributed by atoms with Crippen molar-refractivity contribution in [3.8, 4) is 0 Å². The molecule has 0 aliphatic rings. The minimum absolute atomic E-state index is 0.0271. The van der Waals surface area contributed by atoms with Crippen LogP contribution in [0.1, 0.15) is 12.5 Å². The lowest BCUT2D eigenvalue weighted by molar-refractivity contribution is -0.137. The third-order valence-corrected chi connectivity index (χ3v) is 2.56. The van der Waals surface area contributed by atoms with Crippen molar-refractivity contribution < 1.29 is 17.9 Å². The van der Waals surface area contributed by atoms with Gasteiger partial charge in [0.05, 0.1) is 12.2 Å². The molecule has 0 atom stereocenters. The van der Waals surface area contributed by atoms with Crippen LogP contribution in [0.3, 0.4) is 0 Å². The first kappa shape index (κ1) is 15.5. The number of ether oxygens (including phenoxy) is 1. The molecule has 0 bridgehead atoms. The first-order valence-electron chi connectivity index (χ1n) is 5.72. The molecular weight excluding hydrogens is 261 g/mol. The molecule has 1 rings (SSSR count). The van der Waals surface area contributed by atoms with Gasteiger partial charge in [-0.1, -0.05) is 0 Å². The summed E-state index contributed by atoms with van der Waals surface area (Å²) in [6.45, 7) is 3.19. The molecule has 0 unspecified atom stereocenters. The molecule has 8 heteroatoms. The van der Waals surface area contributed by atoms with Crippen molar-refractivity contribution in [2.24, 2.45) is 5.84 Å². The van der Waals surface area contributed by atoms with Crippen molar-refractivity contribution in [3.05, 3.63) is 17.7 Å². The monoisotopic (exact) mass is 278 g/mol. The van der Waals surface area contributed by atoms with E-state index in [1.54, 1.807) is 4.90 Å². The van der Waals surface area contributed by atoms with E-state index in [4.69, 9.17) is 10.6 Å².